The second kappa shape index (κ2) is 6.49. The molecule has 0 amide bonds. The van der Waals surface area contributed by atoms with E-state index in [0.717, 1.165) is 16.8 Å². The van der Waals surface area contributed by atoms with Crippen LogP contribution >= 0.6 is 15.9 Å². The maximum Gasteiger partial charge on any atom is 0.133 e. The van der Waals surface area contributed by atoms with E-state index >= 15 is 0 Å². The number of nitrogens with one attached hydrogen (secondary N) is 1. The lowest BCUT2D eigenvalue weighted by Gasteiger charge is -2.08. The first-order chi connectivity index (χ1) is 7.24. The minimum absolute atomic E-state index is 0.582. The lowest BCUT2D eigenvalue weighted by Crippen LogP contribution is -2.21. The molecular formula is C12H14BrNO. The van der Waals surface area contributed by atoms with Crippen LogP contribution in [0, 0.1) is 19.3 Å². The largest absolute Gasteiger partial charge is 0.491 e. The molecule has 0 radical (unpaired) electrons. The first-order valence-corrected chi connectivity index (χ1v) is 5.56. The lowest BCUT2D eigenvalue weighted by molar-refractivity contribution is 0.315. The highest BCUT2D eigenvalue weighted by molar-refractivity contribution is 9.10. The molecule has 3 heteroatoms. The van der Waals surface area contributed by atoms with Crippen LogP contribution in [-0.2, 0) is 0 Å². The van der Waals surface area contributed by atoms with Gasteiger partial charge in [-0.15, -0.1) is 6.42 Å². The van der Waals surface area contributed by atoms with E-state index < -0.39 is 0 Å². The molecule has 0 aliphatic rings. The fourth-order valence-corrected chi connectivity index (χ4v) is 1.72. The summed E-state index contributed by atoms with van der Waals surface area (Å²) in [5.74, 6) is 3.37. The predicted molar refractivity (Wildman–Crippen MR) is 66.1 cm³/mol. The Labute approximate surface area is 99.2 Å². The Balaban J connectivity index is 2.35. The zero-order valence-corrected chi connectivity index (χ0v) is 10.3. The van der Waals surface area contributed by atoms with Crippen molar-refractivity contribution in [3.63, 3.8) is 0 Å². The standard InChI is InChI=1S/C12H14BrNO/c1-3-6-14-7-8-15-12-5-4-10(2)9-11(12)13/h1,4-5,9,14H,6-8H2,2H3. The molecule has 0 bridgehead atoms. The zero-order chi connectivity index (χ0) is 11.1. The first kappa shape index (κ1) is 12.1. The Bertz CT molecular complexity index is 357. The van der Waals surface area contributed by atoms with Crippen molar-refractivity contribution in [2.45, 2.75) is 6.92 Å². The first-order valence-electron chi connectivity index (χ1n) is 4.77. The third kappa shape index (κ3) is 4.37. The molecule has 1 rings (SSSR count). The van der Waals surface area contributed by atoms with Gasteiger partial charge in [-0.2, -0.15) is 0 Å². The highest BCUT2D eigenvalue weighted by Gasteiger charge is 1.99. The number of halogens is 1. The molecule has 0 aliphatic heterocycles. The van der Waals surface area contributed by atoms with E-state index in [1.165, 1.54) is 5.56 Å². The van der Waals surface area contributed by atoms with Crippen LogP contribution in [0.4, 0.5) is 0 Å². The predicted octanol–water partition coefficient (Wildman–Crippen LogP) is 2.36. The molecule has 0 fully saturated rings. The van der Waals surface area contributed by atoms with Gasteiger partial charge in [-0.3, -0.25) is 0 Å². The summed E-state index contributed by atoms with van der Waals surface area (Å²) in [7, 11) is 0. The summed E-state index contributed by atoms with van der Waals surface area (Å²) >= 11 is 3.45. The fraction of sp³-hybridized carbons (Fsp3) is 0.333. The maximum absolute atomic E-state index is 5.56. The molecule has 0 aromatic heterocycles. The van der Waals surface area contributed by atoms with Crippen molar-refractivity contribution in [3.8, 4) is 18.1 Å². The molecule has 0 heterocycles. The van der Waals surface area contributed by atoms with Gasteiger partial charge in [0.2, 0.25) is 0 Å². The van der Waals surface area contributed by atoms with E-state index in [0.29, 0.717) is 13.2 Å². The van der Waals surface area contributed by atoms with E-state index in [9.17, 15) is 0 Å². The van der Waals surface area contributed by atoms with Gasteiger partial charge in [0.25, 0.3) is 0 Å². The lowest BCUT2D eigenvalue weighted by atomic mass is 10.2. The van der Waals surface area contributed by atoms with Crippen molar-refractivity contribution < 1.29 is 4.74 Å². The number of hydrogen-bond donors (Lipinski definition) is 1. The molecule has 0 atom stereocenters. The molecule has 2 nitrogen and oxygen atoms in total. The van der Waals surface area contributed by atoms with Gasteiger partial charge in [0.15, 0.2) is 0 Å². The average molecular weight is 268 g/mol. The van der Waals surface area contributed by atoms with Crippen molar-refractivity contribution in [2.75, 3.05) is 19.7 Å². The van der Waals surface area contributed by atoms with E-state index in [-0.39, 0.29) is 0 Å². The summed E-state index contributed by atoms with van der Waals surface area (Å²) in [5.41, 5.74) is 1.21. The Kier molecular flexibility index (Phi) is 5.23. The van der Waals surface area contributed by atoms with Gasteiger partial charge >= 0.3 is 0 Å². The molecule has 1 aromatic rings. The van der Waals surface area contributed by atoms with Crippen LogP contribution in [0.25, 0.3) is 0 Å². The van der Waals surface area contributed by atoms with E-state index in [2.05, 4.69) is 27.2 Å². The fourth-order valence-electron chi connectivity index (χ4n) is 1.12. The molecule has 1 N–H and O–H groups in total. The number of benzene rings is 1. The molecule has 15 heavy (non-hydrogen) atoms. The SMILES string of the molecule is C#CCNCCOc1ccc(C)cc1Br. The number of terminal acetylenes is 1. The highest BCUT2D eigenvalue weighted by atomic mass is 79.9. The van der Waals surface area contributed by atoms with Crippen LogP contribution in [0.15, 0.2) is 22.7 Å². The number of rotatable bonds is 5. The van der Waals surface area contributed by atoms with Crippen LogP contribution in [-0.4, -0.2) is 19.7 Å². The minimum atomic E-state index is 0.582. The minimum Gasteiger partial charge on any atom is -0.491 e. The molecule has 0 unspecified atom stereocenters. The van der Waals surface area contributed by atoms with Crippen LogP contribution in [0.3, 0.4) is 0 Å². The topological polar surface area (TPSA) is 21.3 Å². The summed E-state index contributed by atoms with van der Waals surface area (Å²) in [6, 6.07) is 6.01. The Morgan fingerprint density at radius 2 is 2.33 bits per heavy atom. The molecule has 1 aromatic carbocycles. The zero-order valence-electron chi connectivity index (χ0n) is 8.72. The van der Waals surface area contributed by atoms with Gasteiger partial charge in [-0.05, 0) is 40.5 Å². The Hall–Kier alpha value is -0.980. The van der Waals surface area contributed by atoms with Gasteiger partial charge < -0.3 is 10.1 Å². The number of hydrogen-bond acceptors (Lipinski definition) is 2. The third-order valence-electron chi connectivity index (χ3n) is 1.85. The third-order valence-corrected chi connectivity index (χ3v) is 2.47. The maximum atomic E-state index is 5.56. The van der Waals surface area contributed by atoms with Crippen LogP contribution in [0.2, 0.25) is 0 Å². The van der Waals surface area contributed by atoms with E-state index in [1.807, 2.05) is 25.1 Å². The second-order valence-electron chi connectivity index (χ2n) is 3.16. The summed E-state index contributed by atoms with van der Waals surface area (Å²) in [5, 5.41) is 3.06. The smallest absolute Gasteiger partial charge is 0.133 e. The number of aryl methyl sites for hydroxylation is 1. The van der Waals surface area contributed by atoms with Crippen LogP contribution in [0.5, 0.6) is 5.75 Å². The monoisotopic (exact) mass is 267 g/mol. The van der Waals surface area contributed by atoms with Gasteiger partial charge in [0.1, 0.15) is 12.4 Å². The quantitative estimate of drug-likeness (QED) is 0.654. The van der Waals surface area contributed by atoms with Crippen molar-refractivity contribution >= 4 is 15.9 Å². The second-order valence-corrected chi connectivity index (χ2v) is 4.02. The summed E-state index contributed by atoms with van der Waals surface area (Å²) < 4.78 is 6.55. The molecule has 0 saturated carbocycles. The normalized spacial score (nSPS) is 9.67. The van der Waals surface area contributed by atoms with E-state index in [1.54, 1.807) is 0 Å². The summed E-state index contributed by atoms with van der Waals surface area (Å²) in [6.45, 7) is 4.00. The summed E-state index contributed by atoms with van der Waals surface area (Å²) in [6.07, 6.45) is 5.10. The van der Waals surface area contributed by atoms with Crippen LogP contribution < -0.4 is 10.1 Å². The van der Waals surface area contributed by atoms with Gasteiger partial charge in [-0.1, -0.05) is 12.0 Å². The Morgan fingerprint density at radius 1 is 1.53 bits per heavy atom. The average Bonchev–Trinajstić information content (AvgIpc) is 2.20. The van der Waals surface area contributed by atoms with Crippen molar-refractivity contribution in [3.05, 3.63) is 28.2 Å². The molecule has 0 saturated heterocycles. The van der Waals surface area contributed by atoms with Crippen LogP contribution in [0.1, 0.15) is 5.56 Å². The molecular weight excluding hydrogens is 254 g/mol. The van der Waals surface area contributed by atoms with Gasteiger partial charge in [-0.25, -0.2) is 0 Å². The van der Waals surface area contributed by atoms with Gasteiger partial charge in [0.05, 0.1) is 11.0 Å². The molecule has 80 valence electrons. The summed E-state index contributed by atoms with van der Waals surface area (Å²) in [4.78, 5) is 0. The van der Waals surface area contributed by atoms with E-state index in [4.69, 9.17) is 11.2 Å². The molecule has 0 spiro atoms. The molecule has 0 aliphatic carbocycles. The van der Waals surface area contributed by atoms with Crippen molar-refractivity contribution in [1.29, 1.82) is 0 Å². The van der Waals surface area contributed by atoms with Crippen molar-refractivity contribution in [2.24, 2.45) is 0 Å². The Morgan fingerprint density at radius 3 is 3.00 bits per heavy atom. The van der Waals surface area contributed by atoms with Gasteiger partial charge in [0, 0.05) is 6.54 Å². The number of ether oxygens (including phenoxy) is 1. The highest BCUT2D eigenvalue weighted by Crippen LogP contribution is 2.25. The van der Waals surface area contributed by atoms with Crippen molar-refractivity contribution in [1.82, 2.24) is 5.32 Å².